The third-order valence-electron chi connectivity index (χ3n) is 5.59. The molecule has 1 N–H and O–H groups in total. The summed E-state index contributed by atoms with van der Waals surface area (Å²) in [6.07, 6.45) is 4.63. The number of carbonyl (C=O) groups is 2. The minimum Gasteiger partial charge on any atom is -0.342 e. The number of rotatable bonds is 3. The van der Waals surface area contributed by atoms with Crippen LogP contribution in [0.5, 0.6) is 0 Å². The Morgan fingerprint density at radius 2 is 1.74 bits per heavy atom. The number of nitrogens with zero attached hydrogens (tertiary/aromatic N) is 3. The van der Waals surface area contributed by atoms with Gasteiger partial charge in [0.05, 0.1) is 0 Å². The Kier molecular flexibility index (Phi) is 4.79. The molecule has 1 aromatic heterocycles. The first-order chi connectivity index (χ1) is 13.1. The van der Waals surface area contributed by atoms with E-state index in [1.54, 1.807) is 13.1 Å². The zero-order valence-electron chi connectivity index (χ0n) is 15.5. The molecule has 0 aliphatic carbocycles. The van der Waals surface area contributed by atoms with Gasteiger partial charge in [0.15, 0.2) is 0 Å². The molecule has 3 amide bonds. The van der Waals surface area contributed by atoms with Gasteiger partial charge in [-0.25, -0.2) is 4.79 Å². The van der Waals surface area contributed by atoms with Gasteiger partial charge < -0.3 is 15.1 Å². The van der Waals surface area contributed by atoms with Gasteiger partial charge in [0.2, 0.25) is 5.91 Å². The van der Waals surface area contributed by atoms with E-state index < -0.39 is 0 Å². The van der Waals surface area contributed by atoms with Crippen LogP contribution in [-0.4, -0.2) is 52.9 Å². The van der Waals surface area contributed by atoms with Gasteiger partial charge in [0.25, 0.3) is 0 Å². The normalized spacial score (nSPS) is 19.7. The standard InChI is InChI=1S/C21H24N4O2/c1-15(26)24-10-8-18(12-24)16-4-6-20(7-5-16)23-21(27)25-13-19(14-25)17-3-2-9-22-11-17/h2-7,9,11,18-19H,8,10,12-14H2,1H3,(H,23,27)/t18-/m0/s1. The summed E-state index contributed by atoms with van der Waals surface area (Å²) in [5.41, 5.74) is 3.20. The van der Waals surface area contributed by atoms with Crippen molar-refractivity contribution in [3.05, 3.63) is 59.9 Å². The van der Waals surface area contributed by atoms with E-state index in [0.29, 0.717) is 11.8 Å². The summed E-state index contributed by atoms with van der Waals surface area (Å²) in [7, 11) is 0. The molecule has 140 valence electrons. The number of hydrogen-bond acceptors (Lipinski definition) is 3. The van der Waals surface area contributed by atoms with E-state index in [2.05, 4.69) is 28.5 Å². The number of hydrogen-bond donors (Lipinski definition) is 1. The van der Waals surface area contributed by atoms with E-state index in [9.17, 15) is 9.59 Å². The van der Waals surface area contributed by atoms with E-state index in [4.69, 9.17) is 0 Å². The second kappa shape index (κ2) is 7.39. The van der Waals surface area contributed by atoms with Crippen molar-refractivity contribution >= 4 is 17.6 Å². The molecule has 4 rings (SSSR count). The van der Waals surface area contributed by atoms with Crippen molar-refractivity contribution in [3.8, 4) is 0 Å². The molecule has 6 heteroatoms. The van der Waals surface area contributed by atoms with Crippen LogP contribution in [-0.2, 0) is 4.79 Å². The molecule has 2 saturated heterocycles. The number of likely N-dealkylation sites (tertiary alicyclic amines) is 2. The van der Waals surface area contributed by atoms with Gasteiger partial charge in [-0.3, -0.25) is 9.78 Å². The predicted molar refractivity (Wildman–Crippen MR) is 104 cm³/mol. The summed E-state index contributed by atoms with van der Waals surface area (Å²) in [6, 6.07) is 11.9. The summed E-state index contributed by atoms with van der Waals surface area (Å²) in [6.45, 7) is 4.67. The third-order valence-corrected chi connectivity index (χ3v) is 5.59. The van der Waals surface area contributed by atoms with E-state index in [0.717, 1.165) is 38.3 Å². The highest BCUT2D eigenvalue weighted by atomic mass is 16.2. The zero-order chi connectivity index (χ0) is 18.8. The summed E-state index contributed by atoms with van der Waals surface area (Å²) in [4.78, 5) is 31.7. The molecule has 27 heavy (non-hydrogen) atoms. The molecule has 2 fully saturated rings. The molecule has 1 atom stereocenters. The van der Waals surface area contributed by atoms with Crippen molar-refractivity contribution in [2.24, 2.45) is 0 Å². The van der Waals surface area contributed by atoms with Gasteiger partial charge in [-0.15, -0.1) is 0 Å². The average Bonchev–Trinajstić information content (AvgIpc) is 3.12. The van der Waals surface area contributed by atoms with Crippen molar-refractivity contribution in [1.82, 2.24) is 14.8 Å². The topological polar surface area (TPSA) is 65.5 Å². The SMILES string of the molecule is CC(=O)N1CC[C@H](c2ccc(NC(=O)N3CC(c4cccnc4)C3)cc2)C1. The van der Waals surface area contributed by atoms with Gasteiger partial charge in [-0.05, 0) is 35.7 Å². The van der Waals surface area contributed by atoms with Crippen molar-refractivity contribution in [2.45, 2.75) is 25.2 Å². The first-order valence-electron chi connectivity index (χ1n) is 9.41. The van der Waals surface area contributed by atoms with Crippen LogP contribution in [0.3, 0.4) is 0 Å². The zero-order valence-corrected chi connectivity index (χ0v) is 15.5. The lowest BCUT2D eigenvalue weighted by atomic mass is 9.93. The van der Waals surface area contributed by atoms with Crippen LogP contribution in [0, 0.1) is 0 Å². The average molecular weight is 364 g/mol. The molecule has 0 unspecified atom stereocenters. The quantitative estimate of drug-likeness (QED) is 0.910. The fraction of sp³-hybridized carbons (Fsp3) is 0.381. The fourth-order valence-corrected chi connectivity index (χ4v) is 3.83. The van der Waals surface area contributed by atoms with Crippen molar-refractivity contribution in [1.29, 1.82) is 0 Å². The molecule has 0 radical (unpaired) electrons. The van der Waals surface area contributed by atoms with E-state index >= 15 is 0 Å². The summed E-state index contributed by atoms with van der Waals surface area (Å²) >= 11 is 0. The van der Waals surface area contributed by atoms with Gasteiger partial charge in [0, 0.05) is 63.0 Å². The third kappa shape index (κ3) is 3.79. The lowest BCUT2D eigenvalue weighted by Gasteiger charge is -2.39. The number of aromatic nitrogens is 1. The minimum absolute atomic E-state index is 0.0634. The van der Waals surface area contributed by atoms with Gasteiger partial charge in [-0.2, -0.15) is 0 Å². The van der Waals surface area contributed by atoms with Crippen LogP contribution < -0.4 is 5.32 Å². The lowest BCUT2D eigenvalue weighted by molar-refractivity contribution is -0.127. The van der Waals surface area contributed by atoms with Crippen molar-refractivity contribution in [3.63, 3.8) is 0 Å². The van der Waals surface area contributed by atoms with Gasteiger partial charge in [0.1, 0.15) is 0 Å². The number of anilines is 1. The van der Waals surface area contributed by atoms with E-state index in [-0.39, 0.29) is 11.9 Å². The highest BCUT2D eigenvalue weighted by Gasteiger charge is 2.32. The molecule has 0 bridgehead atoms. The first-order valence-corrected chi connectivity index (χ1v) is 9.41. The van der Waals surface area contributed by atoms with Crippen molar-refractivity contribution in [2.75, 3.05) is 31.5 Å². The number of pyridine rings is 1. The van der Waals surface area contributed by atoms with Crippen LogP contribution in [0.4, 0.5) is 10.5 Å². The largest absolute Gasteiger partial charge is 0.342 e. The Labute approximate surface area is 159 Å². The van der Waals surface area contributed by atoms with Crippen LogP contribution in [0.15, 0.2) is 48.8 Å². The number of urea groups is 1. The van der Waals surface area contributed by atoms with Crippen LogP contribution in [0.1, 0.15) is 36.3 Å². The molecule has 3 heterocycles. The molecule has 6 nitrogen and oxygen atoms in total. The Balaban J connectivity index is 1.29. The number of nitrogens with one attached hydrogen (secondary N) is 1. The first kappa shape index (κ1) is 17.5. The van der Waals surface area contributed by atoms with Gasteiger partial charge >= 0.3 is 6.03 Å². The molecule has 2 aliphatic rings. The van der Waals surface area contributed by atoms with E-state index in [1.807, 2.05) is 34.2 Å². The maximum atomic E-state index is 12.4. The summed E-state index contributed by atoms with van der Waals surface area (Å²) < 4.78 is 0. The highest BCUT2D eigenvalue weighted by Crippen LogP contribution is 2.29. The molecular weight excluding hydrogens is 340 g/mol. The van der Waals surface area contributed by atoms with Gasteiger partial charge in [-0.1, -0.05) is 18.2 Å². The maximum absolute atomic E-state index is 12.4. The second-order valence-corrected chi connectivity index (χ2v) is 7.39. The Morgan fingerprint density at radius 1 is 1.00 bits per heavy atom. The fourth-order valence-electron chi connectivity index (χ4n) is 3.83. The molecule has 0 spiro atoms. The monoisotopic (exact) mass is 364 g/mol. The number of carbonyl (C=O) groups excluding carboxylic acids is 2. The smallest absolute Gasteiger partial charge is 0.321 e. The number of benzene rings is 1. The highest BCUT2D eigenvalue weighted by molar-refractivity contribution is 5.90. The van der Waals surface area contributed by atoms with Crippen LogP contribution >= 0.6 is 0 Å². The lowest BCUT2D eigenvalue weighted by Crippen LogP contribution is -2.50. The minimum atomic E-state index is -0.0634. The molecule has 0 saturated carbocycles. The molecular formula is C21H24N4O2. The molecule has 1 aromatic carbocycles. The Bertz CT molecular complexity index is 816. The summed E-state index contributed by atoms with van der Waals surface area (Å²) in [5, 5.41) is 2.97. The predicted octanol–water partition coefficient (Wildman–Crippen LogP) is 3.05. The second-order valence-electron chi connectivity index (χ2n) is 7.39. The Morgan fingerprint density at radius 3 is 2.37 bits per heavy atom. The van der Waals surface area contributed by atoms with Crippen molar-refractivity contribution < 1.29 is 9.59 Å². The van der Waals surface area contributed by atoms with Crippen LogP contribution in [0.2, 0.25) is 0 Å². The molecule has 2 aliphatic heterocycles. The Hall–Kier alpha value is -2.89. The number of amides is 3. The van der Waals surface area contributed by atoms with E-state index in [1.165, 1.54) is 11.1 Å². The molecule has 2 aromatic rings. The van der Waals surface area contributed by atoms with Crippen LogP contribution in [0.25, 0.3) is 0 Å². The maximum Gasteiger partial charge on any atom is 0.321 e. The summed E-state index contributed by atoms with van der Waals surface area (Å²) in [5.74, 6) is 0.896.